The zero-order valence-electron chi connectivity index (χ0n) is 9.80. The Morgan fingerprint density at radius 1 is 1.35 bits per heavy atom. The van der Waals surface area contributed by atoms with E-state index in [0.717, 1.165) is 0 Å². The Hall–Kier alpha value is -1.66. The molecule has 7 nitrogen and oxygen atoms in total. The van der Waals surface area contributed by atoms with Crippen LogP contribution >= 0.6 is 0 Å². The first-order chi connectivity index (χ1) is 7.95. The predicted molar refractivity (Wildman–Crippen MR) is 55.7 cm³/mol. The molecule has 17 heavy (non-hydrogen) atoms. The van der Waals surface area contributed by atoms with E-state index >= 15 is 0 Å². The smallest absolute Gasteiger partial charge is 0.309 e. The Balaban J connectivity index is 2.55. The van der Waals surface area contributed by atoms with Crippen LogP contribution in [0.3, 0.4) is 0 Å². The summed E-state index contributed by atoms with van der Waals surface area (Å²) >= 11 is 0. The van der Waals surface area contributed by atoms with Gasteiger partial charge < -0.3 is 9.47 Å². The summed E-state index contributed by atoms with van der Waals surface area (Å²) in [5, 5.41) is 11.0. The fraction of sp³-hybridized carbons (Fsp3) is 0.800. The van der Waals surface area contributed by atoms with Gasteiger partial charge in [0.2, 0.25) is 5.54 Å². The van der Waals surface area contributed by atoms with Crippen LogP contribution in [0.1, 0.15) is 25.7 Å². The molecule has 1 saturated carbocycles. The molecule has 1 rings (SSSR count). The Kier molecular flexibility index (Phi) is 4.03. The van der Waals surface area contributed by atoms with Crippen molar-refractivity contribution in [2.24, 2.45) is 5.92 Å². The molecular weight excluding hydrogens is 230 g/mol. The van der Waals surface area contributed by atoms with Crippen LogP contribution < -0.4 is 0 Å². The molecule has 0 aromatic heterocycles. The molecule has 0 unspecified atom stereocenters. The highest BCUT2D eigenvalue weighted by atomic mass is 16.6. The highest BCUT2D eigenvalue weighted by Crippen LogP contribution is 2.44. The molecule has 0 N–H and O–H groups in total. The number of nitrogens with zero attached hydrogens (tertiary/aromatic N) is 1. The van der Waals surface area contributed by atoms with Crippen molar-refractivity contribution in [2.45, 2.75) is 31.2 Å². The van der Waals surface area contributed by atoms with Gasteiger partial charge in [0, 0.05) is 24.2 Å². The molecule has 0 atom stereocenters. The van der Waals surface area contributed by atoms with Crippen LogP contribution in [0.5, 0.6) is 0 Å². The molecule has 1 fully saturated rings. The largest absolute Gasteiger partial charge is 0.469 e. The second-order valence-corrected chi connectivity index (χ2v) is 4.19. The SMILES string of the molecule is COC(=O)CC[C@]1([N+](=O)[O-])C[C@H](C(=O)OC)C1. The lowest BCUT2D eigenvalue weighted by Gasteiger charge is -2.38. The van der Waals surface area contributed by atoms with Crippen molar-refractivity contribution >= 4 is 11.9 Å². The van der Waals surface area contributed by atoms with E-state index in [0.29, 0.717) is 0 Å². The van der Waals surface area contributed by atoms with Gasteiger partial charge in [-0.1, -0.05) is 0 Å². The molecule has 0 aromatic rings. The number of esters is 2. The molecule has 0 saturated heterocycles. The molecule has 96 valence electrons. The van der Waals surface area contributed by atoms with Crippen molar-refractivity contribution in [3.8, 4) is 0 Å². The third-order valence-corrected chi connectivity index (χ3v) is 3.20. The van der Waals surface area contributed by atoms with Gasteiger partial charge in [0.05, 0.1) is 26.6 Å². The highest BCUT2D eigenvalue weighted by Gasteiger charge is 2.57. The molecule has 0 amide bonds. The van der Waals surface area contributed by atoms with Gasteiger partial charge in [0.25, 0.3) is 0 Å². The van der Waals surface area contributed by atoms with Crippen LogP contribution in [0.15, 0.2) is 0 Å². The molecule has 0 aliphatic heterocycles. The molecule has 1 aliphatic carbocycles. The molecule has 0 aromatic carbocycles. The van der Waals surface area contributed by atoms with Gasteiger partial charge in [-0.2, -0.15) is 0 Å². The third kappa shape index (κ3) is 2.72. The average molecular weight is 245 g/mol. The van der Waals surface area contributed by atoms with Gasteiger partial charge in [-0.05, 0) is 0 Å². The maximum absolute atomic E-state index is 11.2. The summed E-state index contributed by atoms with van der Waals surface area (Å²) in [5.74, 6) is -1.34. The van der Waals surface area contributed by atoms with E-state index in [1.807, 2.05) is 0 Å². The Labute approximate surface area is 98.2 Å². The average Bonchev–Trinajstić information content (AvgIpc) is 2.25. The molecule has 0 spiro atoms. The van der Waals surface area contributed by atoms with E-state index in [1.54, 1.807) is 0 Å². The van der Waals surface area contributed by atoms with E-state index in [-0.39, 0.29) is 25.7 Å². The minimum Gasteiger partial charge on any atom is -0.469 e. The summed E-state index contributed by atoms with van der Waals surface area (Å²) in [6.45, 7) is 0. The summed E-state index contributed by atoms with van der Waals surface area (Å²) in [6, 6.07) is 0. The number of hydrogen-bond acceptors (Lipinski definition) is 6. The summed E-state index contributed by atoms with van der Waals surface area (Å²) < 4.78 is 8.96. The minimum absolute atomic E-state index is 0.00856. The molecule has 0 bridgehead atoms. The Bertz CT molecular complexity index is 328. The standard InChI is InChI=1S/C10H15NO6/c1-16-8(12)3-4-10(11(14)15)5-7(6-10)9(13)17-2/h7H,3-6H2,1-2H3/t7-,10-. The first-order valence-electron chi connectivity index (χ1n) is 5.24. The molecule has 1 aliphatic rings. The fourth-order valence-corrected chi connectivity index (χ4v) is 2.07. The van der Waals surface area contributed by atoms with E-state index in [4.69, 9.17) is 0 Å². The lowest BCUT2D eigenvalue weighted by Crippen LogP contribution is -2.53. The van der Waals surface area contributed by atoms with Crippen LogP contribution in [0.2, 0.25) is 0 Å². The number of carbonyl (C=O) groups is 2. The van der Waals surface area contributed by atoms with Crippen LogP contribution in [-0.2, 0) is 19.1 Å². The van der Waals surface area contributed by atoms with Gasteiger partial charge >= 0.3 is 11.9 Å². The summed E-state index contributed by atoms with van der Waals surface area (Å²) in [4.78, 5) is 32.7. The summed E-state index contributed by atoms with van der Waals surface area (Å²) in [5.41, 5.74) is -1.17. The highest BCUT2D eigenvalue weighted by molar-refractivity contribution is 5.74. The number of hydrogen-bond donors (Lipinski definition) is 0. The minimum atomic E-state index is -1.17. The molecular formula is C10H15NO6. The number of nitro groups is 1. The topological polar surface area (TPSA) is 95.7 Å². The van der Waals surface area contributed by atoms with Gasteiger partial charge in [-0.25, -0.2) is 0 Å². The van der Waals surface area contributed by atoms with Crippen molar-refractivity contribution in [3.05, 3.63) is 10.1 Å². The number of ether oxygens (including phenoxy) is 2. The van der Waals surface area contributed by atoms with Crippen LogP contribution in [0.4, 0.5) is 0 Å². The van der Waals surface area contributed by atoms with E-state index < -0.39 is 28.3 Å². The monoisotopic (exact) mass is 245 g/mol. The lowest BCUT2D eigenvalue weighted by atomic mass is 9.66. The normalized spacial score (nSPS) is 26.8. The van der Waals surface area contributed by atoms with Crippen LogP contribution in [0, 0.1) is 16.0 Å². The molecule has 7 heteroatoms. The first kappa shape index (κ1) is 13.4. The zero-order valence-corrected chi connectivity index (χ0v) is 9.80. The van der Waals surface area contributed by atoms with E-state index in [2.05, 4.69) is 9.47 Å². The van der Waals surface area contributed by atoms with Crippen molar-refractivity contribution in [1.82, 2.24) is 0 Å². The fourth-order valence-electron chi connectivity index (χ4n) is 2.07. The maximum Gasteiger partial charge on any atom is 0.309 e. The van der Waals surface area contributed by atoms with Gasteiger partial charge in [-0.15, -0.1) is 0 Å². The molecule has 0 heterocycles. The van der Waals surface area contributed by atoms with Crippen LogP contribution in [0.25, 0.3) is 0 Å². The molecule has 0 radical (unpaired) electrons. The van der Waals surface area contributed by atoms with Crippen molar-refractivity contribution in [2.75, 3.05) is 14.2 Å². The van der Waals surface area contributed by atoms with Crippen molar-refractivity contribution in [1.29, 1.82) is 0 Å². The number of carbonyl (C=O) groups excluding carboxylic acids is 2. The number of rotatable bonds is 5. The van der Waals surface area contributed by atoms with Gasteiger partial charge in [0.1, 0.15) is 0 Å². The summed E-state index contributed by atoms with van der Waals surface area (Å²) in [7, 11) is 2.49. The maximum atomic E-state index is 11.2. The number of methoxy groups -OCH3 is 2. The summed E-state index contributed by atoms with van der Waals surface area (Å²) in [6.07, 6.45) is 0.346. The Morgan fingerprint density at radius 3 is 2.35 bits per heavy atom. The Morgan fingerprint density at radius 2 is 1.94 bits per heavy atom. The van der Waals surface area contributed by atoms with E-state index in [9.17, 15) is 19.7 Å². The predicted octanol–water partition coefficient (Wildman–Crippen LogP) is 0.538. The van der Waals surface area contributed by atoms with Gasteiger partial charge in [0.15, 0.2) is 0 Å². The van der Waals surface area contributed by atoms with E-state index in [1.165, 1.54) is 14.2 Å². The third-order valence-electron chi connectivity index (χ3n) is 3.20. The zero-order chi connectivity index (χ0) is 13.1. The van der Waals surface area contributed by atoms with Crippen LogP contribution in [-0.4, -0.2) is 36.6 Å². The van der Waals surface area contributed by atoms with Crippen molar-refractivity contribution < 1.29 is 24.0 Å². The van der Waals surface area contributed by atoms with Crippen molar-refractivity contribution in [3.63, 3.8) is 0 Å². The quantitative estimate of drug-likeness (QED) is 0.398. The first-order valence-corrected chi connectivity index (χ1v) is 5.24. The lowest BCUT2D eigenvalue weighted by molar-refractivity contribution is -0.590. The second kappa shape index (κ2) is 5.11. The van der Waals surface area contributed by atoms with Gasteiger partial charge in [-0.3, -0.25) is 19.7 Å². The second-order valence-electron chi connectivity index (χ2n) is 4.19.